The third kappa shape index (κ3) is 5.22. The number of aromatic amines is 1. The molecule has 3 aromatic heterocycles. The number of carbonyl (C=O) groups is 2. The van der Waals surface area contributed by atoms with E-state index in [0.717, 1.165) is 6.20 Å². The Bertz CT molecular complexity index is 1680. The van der Waals surface area contributed by atoms with Crippen LogP contribution in [0, 0.1) is 11.8 Å². The van der Waals surface area contributed by atoms with Crippen molar-refractivity contribution in [3.8, 4) is 11.3 Å². The van der Waals surface area contributed by atoms with Crippen LogP contribution < -0.4 is 10.6 Å². The van der Waals surface area contributed by atoms with E-state index in [1.54, 1.807) is 23.1 Å². The van der Waals surface area contributed by atoms with Crippen LogP contribution in [0.1, 0.15) is 36.8 Å². The largest absolute Gasteiger partial charge is 0.444 e. The Morgan fingerprint density at radius 3 is 2.52 bits per heavy atom. The Kier molecular flexibility index (Phi) is 6.55. The summed E-state index contributed by atoms with van der Waals surface area (Å²) in [5.41, 5.74) is -0.460. The summed E-state index contributed by atoms with van der Waals surface area (Å²) in [5.74, 6) is 0.283. The molecule has 15 heteroatoms. The fourth-order valence-electron chi connectivity index (χ4n) is 5.26. The third-order valence-electron chi connectivity index (χ3n) is 7.25. The minimum absolute atomic E-state index is 0.0467. The maximum absolute atomic E-state index is 13.4. The van der Waals surface area contributed by atoms with Crippen LogP contribution in [0.4, 0.5) is 29.5 Å². The van der Waals surface area contributed by atoms with Gasteiger partial charge in [0.1, 0.15) is 11.3 Å². The smallest absolute Gasteiger partial charge is 0.433 e. The Labute approximate surface area is 242 Å². The molecule has 0 radical (unpaired) electrons. The molecule has 3 atom stereocenters. The highest BCUT2D eigenvalue weighted by Crippen LogP contribution is 2.46. The van der Waals surface area contributed by atoms with Crippen molar-refractivity contribution in [3.63, 3.8) is 0 Å². The van der Waals surface area contributed by atoms with Gasteiger partial charge in [0.2, 0.25) is 0 Å². The van der Waals surface area contributed by atoms with Crippen LogP contribution in [-0.4, -0.2) is 66.2 Å². The number of ether oxygens (including phenoxy) is 1. The number of halogens is 4. The minimum atomic E-state index is -4.62. The molecule has 1 saturated carbocycles. The van der Waals surface area contributed by atoms with Crippen molar-refractivity contribution in [1.82, 2.24) is 34.8 Å². The van der Waals surface area contributed by atoms with Gasteiger partial charge in [0.05, 0.1) is 34.2 Å². The molecule has 0 bridgehead atoms. The van der Waals surface area contributed by atoms with Crippen molar-refractivity contribution in [2.24, 2.45) is 11.8 Å². The number of rotatable bonds is 5. The highest BCUT2D eigenvalue weighted by atomic mass is 35.5. The summed E-state index contributed by atoms with van der Waals surface area (Å²) in [6, 6.07) is 4.73. The van der Waals surface area contributed by atoms with E-state index in [2.05, 4.69) is 25.7 Å². The summed E-state index contributed by atoms with van der Waals surface area (Å²) in [4.78, 5) is 35.5. The first-order chi connectivity index (χ1) is 19.8. The monoisotopic (exact) mass is 602 g/mol. The fourth-order valence-corrected chi connectivity index (χ4v) is 5.53. The van der Waals surface area contributed by atoms with Gasteiger partial charge in [-0.3, -0.25) is 14.3 Å². The van der Waals surface area contributed by atoms with Gasteiger partial charge < -0.3 is 20.3 Å². The van der Waals surface area contributed by atoms with E-state index in [1.807, 2.05) is 25.9 Å². The minimum Gasteiger partial charge on any atom is -0.444 e. The van der Waals surface area contributed by atoms with Crippen molar-refractivity contribution < 1.29 is 27.5 Å². The van der Waals surface area contributed by atoms with Gasteiger partial charge in [-0.1, -0.05) is 11.6 Å². The normalized spacial score (nSPS) is 20.0. The van der Waals surface area contributed by atoms with E-state index in [-0.39, 0.29) is 63.2 Å². The summed E-state index contributed by atoms with van der Waals surface area (Å²) in [7, 11) is 0. The number of H-pyrrole nitrogens is 1. The second-order valence-corrected chi connectivity index (χ2v) is 11.7. The number of likely N-dealkylation sites (tertiary alicyclic amines) is 1. The van der Waals surface area contributed by atoms with Crippen LogP contribution >= 0.6 is 11.6 Å². The van der Waals surface area contributed by atoms with E-state index >= 15 is 0 Å². The molecule has 220 valence electrons. The van der Waals surface area contributed by atoms with Gasteiger partial charge in [-0.05, 0) is 39.0 Å². The van der Waals surface area contributed by atoms with Crippen LogP contribution in [0.15, 0.2) is 43.0 Å². The average Bonchev–Trinajstić information content (AvgIpc) is 3.39. The number of alkyl halides is 3. The third-order valence-corrected chi connectivity index (χ3v) is 7.56. The lowest BCUT2D eigenvalue weighted by Gasteiger charge is -2.26. The molecule has 2 fully saturated rings. The van der Waals surface area contributed by atoms with Gasteiger partial charge in [-0.25, -0.2) is 14.8 Å². The molecule has 1 aromatic carbocycles. The van der Waals surface area contributed by atoms with Crippen LogP contribution in [0.3, 0.4) is 0 Å². The number of piperidine rings is 1. The maximum atomic E-state index is 13.4. The molecular weight excluding hydrogens is 577 g/mol. The Hall–Kier alpha value is -4.33. The van der Waals surface area contributed by atoms with Gasteiger partial charge in [0.25, 0.3) is 5.91 Å². The number of hydrogen-bond donors (Lipinski definition) is 3. The predicted octanol–water partition coefficient (Wildman–Crippen LogP) is 5.13. The highest BCUT2D eigenvalue weighted by Gasteiger charge is 2.58. The Morgan fingerprint density at radius 1 is 1.12 bits per heavy atom. The fraction of sp³-hybridized carbons (Fsp3) is 0.370. The van der Waals surface area contributed by atoms with Crippen LogP contribution in [-0.2, 0) is 10.9 Å². The SMILES string of the molecule is CC(C)(C)OC(=O)N1C[C@@H]2C(NC(=O)c3ccc(Nc4nccn5c(-c6cn[nH]c6C(F)(F)F)cnc45)cc3Cl)[C@@H]2C1. The second-order valence-electron chi connectivity index (χ2n) is 11.3. The molecule has 11 nitrogen and oxygen atoms in total. The van der Waals surface area contributed by atoms with Gasteiger partial charge in [-0.15, -0.1) is 0 Å². The van der Waals surface area contributed by atoms with E-state index in [1.165, 1.54) is 23.0 Å². The molecule has 6 rings (SSSR count). The van der Waals surface area contributed by atoms with Crippen LogP contribution in [0.25, 0.3) is 16.9 Å². The zero-order valence-corrected chi connectivity index (χ0v) is 23.4. The zero-order valence-electron chi connectivity index (χ0n) is 22.7. The number of fused-ring (bicyclic) bond motifs is 2. The molecule has 2 aliphatic rings. The predicted molar refractivity (Wildman–Crippen MR) is 146 cm³/mol. The van der Waals surface area contributed by atoms with Crippen molar-refractivity contribution in [2.75, 3.05) is 18.4 Å². The molecule has 1 aliphatic heterocycles. The molecule has 1 aliphatic carbocycles. The Morgan fingerprint density at radius 2 is 1.86 bits per heavy atom. The second kappa shape index (κ2) is 9.89. The molecule has 1 unspecified atom stereocenters. The summed E-state index contributed by atoms with van der Waals surface area (Å²) in [6.07, 6.45) is 0.352. The molecule has 2 amide bonds. The first-order valence-electron chi connectivity index (χ1n) is 13.1. The number of anilines is 2. The number of carbonyl (C=O) groups excluding carboxylic acids is 2. The van der Waals surface area contributed by atoms with E-state index in [9.17, 15) is 22.8 Å². The molecule has 1 saturated heterocycles. The number of hydrogen-bond acceptors (Lipinski definition) is 7. The average molecular weight is 603 g/mol. The number of nitrogens with zero attached hydrogens (tertiary/aromatic N) is 5. The van der Waals surface area contributed by atoms with Crippen molar-refractivity contribution in [3.05, 3.63) is 59.3 Å². The first-order valence-corrected chi connectivity index (χ1v) is 13.5. The lowest BCUT2D eigenvalue weighted by molar-refractivity contribution is -0.140. The molecule has 0 spiro atoms. The van der Waals surface area contributed by atoms with Crippen molar-refractivity contribution in [1.29, 1.82) is 0 Å². The van der Waals surface area contributed by atoms with Gasteiger partial charge >= 0.3 is 12.3 Å². The van der Waals surface area contributed by atoms with E-state index < -0.39 is 17.5 Å². The molecule has 42 heavy (non-hydrogen) atoms. The van der Waals surface area contributed by atoms with Gasteiger partial charge in [-0.2, -0.15) is 18.3 Å². The lowest BCUT2D eigenvalue weighted by Crippen LogP contribution is -2.40. The lowest BCUT2D eigenvalue weighted by atomic mass is 10.2. The molecule has 3 N–H and O–H groups in total. The first kappa shape index (κ1) is 27.8. The highest BCUT2D eigenvalue weighted by molar-refractivity contribution is 6.34. The van der Waals surface area contributed by atoms with Gasteiger partial charge in [0, 0.05) is 49.0 Å². The van der Waals surface area contributed by atoms with E-state index in [0.29, 0.717) is 18.8 Å². The summed E-state index contributed by atoms with van der Waals surface area (Å²) < 4.78 is 47.1. The van der Waals surface area contributed by atoms with Crippen molar-refractivity contribution in [2.45, 2.75) is 38.6 Å². The number of amides is 2. The van der Waals surface area contributed by atoms with Crippen molar-refractivity contribution >= 4 is 40.8 Å². The zero-order chi connectivity index (χ0) is 30.0. The maximum Gasteiger partial charge on any atom is 0.433 e. The molecule has 4 heterocycles. The number of imidazole rings is 1. The summed E-state index contributed by atoms with van der Waals surface area (Å²) >= 11 is 6.46. The Balaban J connectivity index is 1.12. The molecule has 4 aromatic rings. The van der Waals surface area contributed by atoms with Crippen LogP contribution in [0.5, 0.6) is 0 Å². The standard InChI is InChI=1S/C27H26ClF3N8O3/c1-26(2,3)42-25(41)38-11-16-17(12-38)20(16)36-24(40)14-5-4-13(8-18(14)28)35-22-23-33-10-19(39(23)7-6-32-22)15-9-34-37-21(15)27(29,30)31/h4-10,16-17,20H,11-12H2,1-3H3,(H,32,35)(H,34,37)(H,36,40)/t16-,17+,20?. The topological polar surface area (TPSA) is 130 Å². The molecular formula is C27H26ClF3N8O3. The number of aromatic nitrogens is 5. The number of benzene rings is 1. The quantitative estimate of drug-likeness (QED) is 0.289. The van der Waals surface area contributed by atoms with E-state index in [4.69, 9.17) is 16.3 Å². The number of nitrogens with one attached hydrogen (secondary N) is 3. The van der Waals surface area contributed by atoms with Gasteiger partial charge in [0.15, 0.2) is 11.5 Å². The summed E-state index contributed by atoms with van der Waals surface area (Å²) in [6.45, 7) is 6.50. The van der Waals surface area contributed by atoms with Crippen LogP contribution in [0.2, 0.25) is 5.02 Å². The summed E-state index contributed by atoms with van der Waals surface area (Å²) in [5, 5.41) is 11.8.